The summed E-state index contributed by atoms with van der Waals surface area (Å²) in [4.78, 5) is 25.5. The minimum Gasteiger partial charge on any atom is -0.476 e. The van der Waals surface area contributed by atoms with Crippen LogP contribution in [0.5, 0.6) is 5.75 Å². The number of fused-ring (bicyclic) bond motifs is 1. The molecular formula is C23H18BrNO5. The molecule has 0 aliphatic rings. The number of ether oxygens (including phenoxy) is 1. The van der Waals surface area contributed by atoms with Gasteiger partial charge in [-0.05, 0) is 73.5 Å². The Morgan fingerprint density at radius 1 is 1.10 bits per heavy atom. The van der Waals surface area contributed by atoms with Crippen LogP contribution in [-0.4, -0.2) is 12.5 Å². The zero-order chi connectivity index (χ0) is 21.3. The molecule has 0 radical (unpaired) electrons. The second-order valence-corrected chi connectivity index (χ2v) is 7.76. The van der Waals surface area contributed by atoms with Gasteiger partial charge >= 0.3 is 0 Å². The molecule has 0 fully saturated rings. The maximum atomic E-state index is 13.2. The molecule has 0 aliphatic heterocycles. The fourth-order valence-corrected chi connectivity index (χ4v) is 3.27. The summed E-state index contributed by atoms with van der Waals surface area (Å²) >= 11 is 3.35. The third kappa shape index (κ3) is 4.02. The largest absolute Gasteiger partial charge is 0.476 e. The average molecular weight is 468 g/mol. The summed E-state index contributed by atoms with van der Waals surface area (Å²) < 4.78 is 17.9. The Labute approximate surface area is 180 Å². The predicted molar refractivity (Wildman–Crippen MR) is 118 cm³/mol. The summed E-state index contributed by atoms with van der Waals surface area (Å²) in [7, 11) is 0. The number of benzene rings is 2. The van der Waals surface area contributed by atoms with Crippen LogP contribution in [0.25, 0.3) is 22.5 Å². The van der Waals surface area contributed by atoms with Crippen molar-refractivity contribution in [3.05, 3.63) is 80.6 Å². The molecule has 0 saturated carbocycles. The second-order valence-electron chi connectivity index (χ2n) is 6.84. The number of aryl methyl sites for hydroxylation is 2. The average Bonchev–Trinajstić information content (AvgIpc) is 3.25. The number of rotatable bonds is 5. The first-order valence-corrected chi connectivity index (χ1v) is 10.0. The van der Waals surface area contributed by atoms with Crippen molar-refractivity contribution >= 4 is 38.5 Å². The van der Waals surface area contributed by atoms with E-state index in [4.69, 9.17) is 13.6 Å². The van der Waals surface area contributed by atoms with Gasteiger partial charge in [-0.1, -0.05) is 15.9 Å². The van der Waals surface area contributed by atoms with Crippen molar-refractivity contribution < 1.29 is 18.4 Å². The van der Waals surface area contributed by atoms with Gasteiger partial charge in [0.05, 0.1) is 11.6 Å². The molecule has 0 aliphatic carbocycles. The summed E-state index contributed by atoms with van der Waals surface area (Å²) in [5, 5.41) is 3.11. The van der Waals surface area contributed by atoms with Gasteiger partial charge in [0.1, 0.15) is 5.58 Å². The highest BCUT2D eigenvalue weighted by Gasteiger charge is 2.21. The lowest BCUT2D eigenvalue weighted by atomic mass is 10.1. The molecule has 4 aromatic rings. The van der Waals surface area contributed by atoms with Gasteiger partial charge < -0.3 is 18.9 Å². The molecule has 30 heavy (non-hydrogen) atoms. The number of amides is 1. The lowest BCUT2D eigenvalue weighted by molar-refractivity contribution is -0.118. The Hall–Kier alpha value is -3.32. The third-order valence-corrected chi connectivity index (χ3v) is 5.21. The number of anilines is 1. The van der Waals surface area contributed by atoms with Crippen molar-refractivity contribution in [1.82, 2.24) is 0 Å². The second kappa shape index (κ2) is 8.20. The van der Waals surface area contributed by atoms with Crippen molar-refractivity contribution in [2.75, 3.05) is 11.9 Å². The highest BCUT2D eigenvalue weighted by Crippen LogP contribution is 2.32. The topological polar surface area (TPSA) is 81.7 Å². The van der Waals surface area contributed by atoms with E-state index in [1.165, 1.54) is 6.26 Å². The number of furan rings is 1. The van der Waals surface area contributed by atoms with Crippen LogP contribution in [0.15, 0.2) is 72.9 Å². The predicted octanol–water partition coefficient (Wildman–Crippen LogP) is 5.45. The van der Waals surface area contributed by atoms with E-state index < -0.39 is 5.91 Å². The molecule has 0 spiro atoms. The van der Waals surface area contributed by atoms with Gasteiger partial charge in [-0.3, -0.25) is 9.59 Å². The number of carbonyl (C=O) groups is 1. The van der Waals surface area contributed by atoms with Crippen LogP contribution in [0.2, 0.25) is 0 Å². The van der Waals surface area contributed by atoms with Gasteiger partial charge in [-0.2, -0.15) is 0 Å². The molecule has 0 saturated heterocycles. The zero-order valence-corrected chi connectivity index (χ0v) is 17.9. The van der Waals surface area contributed by atoms with Crippen LogP contribution in [0.3, 0.4) is 0 Å². The molecule has 6 nitrogen and oxygen atoms in total. The summed E-state index contributed by atoms with van der Waals surface area (Å²) in [6, 6.07) is 14.1. The van der Waals surface area contributed by atoms with Gasteiger partial charge in [0.15, 0.2) is 12.4 Å². The molecule has 152 valence electrons. The van der Waals surface area contributed by atoms with Gasteiger partial charge in [0.2, 0.25) is 16.9 Å². The minimum absolute atomic E-state index is 0.0633. The molecular weight excluding hydrogens is 450 g/mol. The standard InChI is InChI=1S/C23H18BrNO5/c1-13-10-17-19(11-14(13)2)30-22(18-4-3-9-28-18)23(21(17)27)29-12-20(26)25-16-7-5-15(24)6-8-16/h3-11H,12H2,1-2H3,(H,25,26). The fourth-order valence-electron chi connectivity index (χ4n) is 3.00. The lowest BCUT2D eigenvalue weighted by Crippen LogP contribution is -2.22. The molecule has 2 heterocycles. The van der Waals surface area contributed by atoms with E-state index in [1.54, 1.807) is 30.3 Å². The first-order chi connectivity index (χ1) is 14.4. The SMILES string of the molecule is Cc1cc2oc(-c3ccco3)c(OCC(=O)Nc3ccc(Br)cc3)c(=O)c2cc1C. The normalized spacial score (nSPS) is 10.9. The van der Waals surface area contributed by atoms with Crippen LogP contribution < -0.4 is 15.5 Å². The zero-order valence-electron chi connectivity index (χ0n) is 16.3. The third-order valence-electron chi connectivity index (χ3n) is 4.69. The monoisotopic (exact) mass is 467 g/mol. The molecule has 7 heteroatoms. The van der Waals surface area contributed by atoms with Crippen molar-refractivity contribution in [2.45, 2.75) is 13.8 Å². The Morgan fingerprint density at radius 2 is 1.83 bits per heavy atom. The molecule has 2 aromatic carbocycles. The molecule has 0 bridgehead atoms. The first kappa shape index (κ1) is 20.0. The van der Waals surface area contributed by atoms with Gasteiger partial charge in [0, 0.05) is 10.2 Å². The van der Waals surface area contributed by atoms with Crippen LogP contribution >= 0.6 is 15.9 Å². The van der Waals surface area contributed by atoms with Crippen molar-refractivity contribution in [1.29, 1.82) is 0 Å². The molecule has 1 N–H and O–H groups in total. The molecule has 1 amide bonds. The van der Waals surface area contributed by atoms with Gasteiger partial charge in [-0.15, -0.1) is 0 Å². The number of hydrogen-bond donors (Lipinski definition) is 1. The number of carbonyl (C=O) groups excluding carboxylic acids is 1. The lowest BCUT2D eigenvalue weighted by Gasteiger charge is -2.11. The molecule has 2 aromatic heterocycles. The summed E-state index contributed by atoms with van der Waals surface area (Å²) in [6.07, 6.45) is 1.48. The van der Waals surface area contributed by atoms with Crippen molar-refractivity contribution in [2.24, 2.45) is 0 Å². The van der Waals surface area contributed by atoms with E-state index in [0.29, 0.717) is 22.4 Å². The van der Waals surface area contributed by atoms with Crippen molar-refractivity contribution in [3.8, 4) is 17.3 Å². The maximum absolute atomic E-state index is 13.2. The number of halogens is 1. The summed E-state index contributed by atoms with van der Waals surface area (Å²) in [6.45, 7) is 3.50. The number of nitrogens with one attached hydrogen (secondary N) is 1. The molecule has 0 atom stereocenters. The van der Waals surface area contributed by atoms with Crippen LogP contribution in [0, 0.1) is 13.8 Å². The Balaban J connectivity index is 1.68. The Kier molecular flexibility index (Phi) is 5.46. The summed E-state index contributed by atoms with van der Waals surface area (Å²) in [5.74, 6) is 0.0294. The fraction of sp³-hybridized carbons (Fsp3) is 0.130. The van der Waals surface area contributed by atoms with E-state index >= 15 is 0 Å². The van der Waals surface area contributed by atoms with E-state index in [1.807, 2.05) is 32.0 Å². The Morgan fingerprint density at radius 3 is 2.53 bits per heavy atom. The summed E-state index contributed by atoms with van der Waals surface area (Å²) in [5.41, 5.74) is 2.65. The minimum atomic E-state index is -0.401. The highest BCUT2D eigenvalue weighted by atomic mass is 79.9. The molecule has 0 unspecified atom stereocenters. The van der Waals surface area contributed by atoms with E-state index in [9.17, 15) is 9.59 Å². The number of hydrogen-bond acceptors (Lipinski definition) is 5. The van der Waals surface area contributed by atoms with E-state index in [-0.39, 0.29) is 23.5 Å². The van der Waals surface area contributed by atoms with Gasteiger partial charge in [-0.25, -0.2) is 0 Å². The van der Waals surface area contributed by atoms with E-state index in [2.05, 4.69) is 21.2 Å². The van der Waals surface area contributed by atoms with Gasteiger partial charge in [0.25, 0.3) is 5.91 Å². The smallest absolute Gasteiger partial charge is 0.262 e. The van der Waals surface area contributed by atoms with E-state index in [0.717, 1.165) is 15.6 Å². The maximum Gasteiger partial charge on any atom is 0.262 e. The Bertz CT molecular complexity index is 1270. The van der Waals surface area contributed by atoms with Crippen molar-refractivity contribution in [3.63, 3.8) is 0 Å². The van der Waals surface area contributed by atoms with Crippen LogP contribution in [-0.2, 0) is 4.79 Å². The van der Waals surface area contributed by atoms with Crippen LogP contribution in [0.4, 0.5) is 5.69 Å². The molecule has 4 rings (SSSR count). The highest BCUT2D eigenvalue weighted by molar-refractivity contribution is 9.10. The first-order valence-electron chi connectivity index (χ1n) is 9.22. The quantitative estimate of drug-likeness (QED) is 0.421. The van der Waals surface area contributed by atoms with Crippen LogP contribution in [0.1, 0.15) is 11.1 Å².